The molecule has 0 fully saturated rings. The lowest BCUT2D eigenvalue weighted by Gasteiger charge is -2.08. The molecule has 0 amide bonds. The molecule has 6 heteroatoms. The van der Waals surface area contributed by atoms with Gasteiger partial charge in [-0.05, 0) is 13.3 Å². The predicted octanol–water partition coefficient (Wildman–Crippen LogP) is 1.88. The molecule has 0 spiro atoms. The predicted molar refractivity (Wildman–Crippen MR) is 79.7 cm³/mol. The summed E-state index contributed by atoms with van der Waals surface area (Å²) in [5, 5.41) is 0. The number of rotatable bonds is 7. The molecule has 2 rings (SSSR count). The lowest BCUT2D eigenvalue weighted by atomic mass is 10.2. The van der Waals surface area contributed by atoms with Crippen molar-refractivity contribution >= 4 is 10.0 Å². The second-order valence-corrected chi connectivity index (χ2v) is 6.56. The fraction of sp³-hybridized carbons (Fsp3) is 0.357. The molecule has 0 aliphatic rings. The van der Waals surface area contributed by atoms with E-state index in [0.29, 0.717) is 6.54 Å². The first-order valence-electron chi connectivity index (χ1n) is 6.66. The Balaban J connectivity index is 1.94. The molecule has 0 unspecified atom stereocenters. The number of sulfonamides is 1. The third kappa shape index (κ3) is 3.91. The van der Waals surface area contributed by atoms with E-state index in [2.05, 4.69) is 9.71 Å². The first-order chi connectivity index (χ1) is 9.62. The van der Waals surface area contributed by atoms with Crippen molar-refractivity contribution in [3.8, 4) is 11.4 Å². The van der Waals surface area contributed by atoms with Gasteiger partial charge in [0.25, 0.3) is 0 Å². The van der Waals surface area contributed by atoms with E-state index in [9.17, 15) is 8.42 Å². The summed E-state index contributed by atoms with van der Waals surface area (Å²) in [5.41, 5.74) is 1.06. The minimum absolute atomic E-state index is 0.118. The van der Waals surface area contributed by atoms with Crippen LogP contribution >= 0.6 is 0 Å². The number of nitrogens with zero attached hydrogens (tertiary/aromatic N) is 2. The van der Waals surface area contributed by atoms with Crippen LogP contribution in [-0.2, 0) is 16.6 Å². The molecule has 1 aromatic heterocycles. The summed E-state index contributed by atoms with van der Waals surface area (Å²) >= 11 is 0. The highest BCUT2D eigenvalue weighted by Crippen LogP contribution is 2.16. The molecule has 5 nitrogen and oxygen atoms in total. The van der Waals surface area contributed by atoms with E-state index in [1.54, 1.807) is 13.1 Å². The molecule has 0 aliphatic heterocycles. The van der Waals surface area contributed by atoms with Crippen LogP contribution in [0.2, 0.25) is 0 Å². The monoisotopic (exact) mass is 293 g/mol. The maximum atomic E-state index is 11.3. The van der Waals surface area contributed by atoms with E-state index in [1.807, 2.05) is 41.1 Å². The standard InChI is InChI=1S/C14H19N3O2S/c1-2-20(18,19)16-9-6-11-17-12-10-15-14(17)13-7-4-3-5-8-13/h3-5,7-8,10,12,16H,2,6,9,11H2,1H3. The van der Waals surface area contributed by atoms with Crippen LogP contribution in [0.1, 0.15) is 13.3 Å². The van der Waals surface area contributed by atoms with Crippen molar-refractivity contribution in [3.05, 3.63) is 42.7 Å². The fourth-order valence-electron chi connectivity index (χ4n) is 1.92. The van der Waals surface area contributed by atoms with Crippen molar-refractivity contribution in [3.63, 3.8) is 0 Å². The van der Waals surface area contributed by atoms with E-state index in [0.717, 1.165) is 24.4 Å². The molecule has 2 aromatic rings. The largest absolute Gasteiger partial charge is 0.331 e. The van der Waals surface area contributed by atoms with Crippen molar-refractivity contribution in [1.82, 2.24) is 14.3 Å². The zero-order valence-electron chi connectivity index (χ0n) is 11.5. The molecule has 0 radical (unpaired) electrons. The van der Waals surface area contributed by atoms with Crippen LogP contribution in [0.25, 0.3) is 11.4 Å². The van der Waals surface area contributed by atoms with Gasteiger partial charge in [0.05, 0.1) is 5.75 Å². The minimum Gasteiger partial charge on any atom is -0.331 e. The van der Waals surface area contributed by atoms with E-state index in [1.165, 1.54) is 0 Å². The average molecular weight is 293 g/mol. The van der Waals surface area contributed by atoms with Crippen molar-refractivity contribution < 1.29 is 8.42 Å². The normalized spacial score (nSPS) is 11.7. The maximum Gasteiger partial charge on any atom is 0.211 e. The van der Waals surface area contributed by atoms with Gasteiger partial charge in [-0.1, -0.05) is 30.3 Å². The number of aromatic nitrogens is 2. The molecule has 0 atom stereocenters. The van der Waals surface area contributed by atoms with Crippen molar-refractivity contribution in [2.24, 2.45) is 0 Å². The Morgan fingerprint density at radius 1 is 1.25 bits per heavy atom. The maximum absolute atomic E-state index is 11.3. The Morgan fingerprint density at radius 3 is 2.70 bits per heavy atom. The van der Waals surface area contributed by atoms with Gasteiger partial charge >= 0.3 is 0 Å². The molecule has 1 N–H and O–H groups in total. The molecular formula is C14H19N3O2S. The molecular weight excluding hydrogens is 274 g/mol. The van der Waals surface area contributed by atoms with Gasteiger partial charge in [-0.25, -0.2) is 18.1 Å². The summed E-state index contributed by atoms with van der Waals surface area (Å²) in [5.74, 6) is 1.02. The quantitative estimate of drug-likeness (QED) is 0.793. The minimum atomic E-state index is -3.10. The van der Waals surface area contributed by atoms with Crippen LogP contribution < -0.4 is 4.72 Å². The first kappa shape index (κ1) is 14.7. The number of benzene rings is 1. The summed E-state index contributed by atoms with van der Waals surface area (Å²) in [4.78, 5) is 4.35. The number of imidazole rings is 1. The Bertz CT molecular complexity index is 635. The molecule has 108 valence electrons. The number of nitrogens with one attached hydrogen (secondary N) is 1. The third-order valence-corrected chi connectivity index (χ3v) is 4.43. The average Bonchev–Trinajstić information content (AvgIpc) is 2.93. The van der Waals surface area contributed by atoms with Gasteiger partial charge < -0.3 is 4.57 Å². The zero-order chi connectivity index (χ0) is 14.4. The van der Waals surface area contributed by atoms with Crippen LogP contribution in [0.15, 0.2) is 42.7 Å². The third-order valence-electron chi connectivity index (χ3n) is 3.03. The van der Waals surface area contributed by atoms with E-state index >= 15 is 0 Å². The van der Waals surface area contributed by atoms with Crippen LogP contribution in [0.5, 0.6) is 0 Å². The molecule has 0 aliphatic carbocycles. The van der Waals surface area contributed by atoms with Gasteiger partial charge in [0.2, 0.25) is 10.0 Å². The number of aryl methyl sites for hydroxylation is 1. The molecule has 0 saturated carbocycles. The van der Waals surface area contributed by atoms with Crippen molar-refractivity contribution in [1.29, 1.82) is 0 Å². The van der Waals surface area contributed by atoms with Gasteiger partial charge in [0.15, 0.2) is 0 Å². The smallest absolute Gasteiger partial charge is 0.211 e. The van der Waals surface area contributed by atoms with Gasteiger partial charge in [-0.15, -0.1) is 0 Å². The topological polar surface area (TPSA) is 64.0 Å². The lowest BCUT2D eigenvalue weighted by Crippen LogP contribution is -2.26. The SMILES string of the molecule is CCS(=O)(=O)NCCCn1ccnc1-c1ccccc1. The van der Waals surface area contributed by atoms with Crippen molar-refractivity contribution in [2.45, 2.75) is 19.9 Å². The number of hydrogen-bond acceptors (Lipinski definition) is 3. The van der Waals surface area contributed by atoms with E-state index in [-0.39, 0.29) is 5.75 Å². The summed E-state index contributed by atoms with van der Waals surface area (Å²) in [6.45, 7) is 2.81. The van der Waals surface area contributed by atoms with Crippen LogP contribution in [-0.4, -0.2) is 30.3 Å². The highest BCUT2D eigenvalue weighted by Gasteiger charge is 2.07. The van der Waals surface area contributed by atoms with Crippen LogP contribution in [0.3, 0.4) is 0 Å². The molecule has 20 heavy (non-hydrogen) atoms. The van der Waals surface area contributed by atoms with E-state index < -0.39 is 10.0 Å². The van der Waals surface area contributed by atoms with Gasteiger partial charge in [-0.3, -0.25) is 0 Å². The summed E-state index contributed by atoms with van der Waals surface area (Å²) < 4.78 is 27.2. The van der Waals surface area contributed by atoms with Crippen LogP contribution in [0.4, 0.5) is 0 Å². The Labute approximate surface area is 119 Å². The first-order valence-corrected chi connectivity index (χ1v) is 8.31. The Hall–Kier alpha value is -1.66. The number of hydrogen-bond donors (Lipinski definition) is 1. The summed E-state index contributed by atoms with van der Waals surface area (Å²) in [6.07, 6.45) is 4.41. The molecule has 1 heterocycles. The highest BCUT2D eigenvalue weighted by molar-refractivity contribution is 7.89. The van der Waals surface area contributed by atoms with Crippen LogP contribution in [0, 0.1) is 0 Å². The Morgan fingerprint density at radius 2 is 2.00 bits per heavy atom. The second kappa shape index (κ2) is 6.67. The lowest BCUT2D eigenvalue weighted by molar-refractivity contribution is 0.572. The second-order valence-electron chi connectivity index (χ2n) is 4.46. The summed E-state index contributed by atoms with van der Waals surface area (Å²) in [6, 6.07) is 9.95. The van der Waals surface area contributed by atoms with Gasteiger partial charge in [-0.2, -0.15) is 0 Å². The van der Waals surface area contributed by atoms with Crippen molar-refractivity contribution in [2.75, 3.05) is 12.3 Å². The molecule has 0 saturated heterocycles. The highest BCUT2D eigenvalue weighted by atomic mass is 32.2. The molecule has 0 bridgehead atoms. The van der Waals surface area contributed by atoms with Gasteiger partial charge in [0.1, 0.15) is 5.82 Å². The van der Waals surface area contributed by atoms with Gasteiger partial charge in [0, 0.05) is 31.0 Å². The fourth-order valence-corrected chi connectivity index (χ4v) is 2.58. The Kier molecular flexibility index (Phi) is 4.92. The molecule has 1 aromatic carbocycles. The van der Waals surface area contributed by atoms with E-state index in [4.69, 9.17) is 0 Å². The summed E-state index contributed by atoms with van der Waals surface area (Å²) in [7, 11) is -3.10. The zero-order valence-corrected chi connectivity index (χ0v) is 12.3.